The summed E-state index contributed by atoms with van der Waals surface area (Å²) in [7, 11) is 0. The molecule has 0 fully saturated rings. The quantitative estimate of drug-likeness (QED) is 0.406. The Bertz CT molecular complexity index is 349. The fraction of sp³-hybridized carbons (Fsp3) is 0.667. The second-order valence-electron chi connectivity index (χ2n) is 5.73. The van der Waals surface area contributed by atoms with Gasteiger partial charge in [0.1, 0.15) is 0 Å². The van der Waals surface area contributed by atoms with Crippen molar-refractivity contribution in [3.63, 3.8) is 0 Å². The van der Waals surface area contributed by atoms with Gasteiger partial charge in [0.15, 0.2) is 0 Å². The minimum atomic E-state index is -1.83. The minimum absolute atomic E-state index is 0. The van der Waals surface area contributed by atoms with E-state index in [2.05, 4.69) is 20.8 Å². The summed E-state index contributed by atoms with van der Waals surface area (Å²) in [6.07, 6.45) is 6.36. The van der Waals surface area contributed by atoms with Crippen molar-refractivity contribution in [2.45, 2.75) is 59.3 Å². The molecule has 0 aliphatic rings. The van der Waals surface area contributed by atoms with Crippen LogP contribution in [0.3, 0.4) is 0 Å². The Balaban J connectivity index is 0.00000484. The second kappa shape index (κ2) is 14.1. The molecule has 0 saturated carbocycles. The van der Waals surface area contributed by atoms with Gasteiger partial charge in [-0.15, -0.1) is 5.46 Å². The maximum absolute atomic E-state index is 6.17. The molecular formula is C18H32BLiO3. The van der Waals surface area contributed by atoms with Crippen LogP contribution in [0.15, 0.2) is 30.3 Å². The second-order valence-corrected chi connectivity index (χ2v) is 5.73. The third-order valence-corrected chi connectivity index (χ3v) is 3.71. The zero-order valence-corrected chi connectivity index (χ0v) is 15.6. The maximum atomic E-state index is 6.17. The van der Waals surface area contributed by atoms with E-state index in [1.54, 1.807) is 0 Å². The summed E-state index contributed by atoms with van der Waals surface area (Å²) in [6, 6.07) is 10.1. The van der Waals surface area contributed by atoms with Crippen molar-refractivity contribution in [1.82, 2.24) is 0 Å². The van der Waals surface area contributed by atoms with Crippen LogP contribution in [0.4, 0.5) is 0 Å². The molecule has 0 spiro atoms. The molecule has 0 aliphatic heterocycles. The van der Waals surface area contributed by atoms with Crippen LogP contribution in [-0.4, -0.2) is 26.6 Å². The van der Waals surface area contributed by atoms with Crippen molar-refractivity contribution in [3.05, 3.63) is 30.3 Å². The van der Waals surface area contributed by atoms with E-state index in [-0.39, 0.29) is 18.9 Å². The molecule has 0 radical (unpaired) electrons. The summed E-state index contributed by atoms with van der Waals surface area (Å²) in [6.45, 7) is 6.67. The van der Waals surface area contributed by atoms with E-state index in [0.29, 0.717) is 19.8 Å². The van der Waals surface area contributed by atoms with E-state index in [0.717, 1.165) is 44.0 Å². The molecule has 1 aromatic rings. The molecule has 0 bridgehead atoms. The van der Waals surface area contributed by atoms with Gasteiger partial charge in [0, 0.05) is 19.8 Å². The molecule has 1 rings (SSSR count). The van der Waals surface area contributed by atoms with E-state index in [4.69, 9.17) is 14.0 Å². The Hall–Kier alpha value is -0.238. The molecule has 0 amide bonds. The number of rotatable bonds is 13. The van der Waals surface area contributed by atoms with Crippen molar-refractivity contribution >= 4 is 12.2 Å². The first-order valence-corrected chi connectivity index (χ1v) is 8.89. The van der Waals surface area contributed by atoms with Crippen molar-refractivity contribution in [2.75, 3.05) is 19.8 Å². The van der Waals surface area contributed by atoms with Gasteiger partial charge >= 0.3 is 25.6 Å². The zero-order valence-electron chi connectivity index (χ0n) is 15.6. The maximum Gasteiger partial charge on any atom is 1.00 e. The first-order chi connectivity index (χ1) is 10.8. The van der Waals surface area contributed by atoms with Crippen molar-refractivity contribution in [1.29, 1.82) is 0 Å². The zero-order chi connectivity index (χ0) is 16.1. The summed E-state index contributed by atoms with van der Waals surface area (Å²) < 4.78 is 18.5. The molecule has 1 aromatic carbocycles. The van der Waals surface area contributed by atoms with E-state index >= 15 is 0 Å². The fourth-order valence-corrected chi connectivity index (χ4v) is 2.27. The predicted molar refractivity (Wildman–Crippen MR) is 94.4 cm³/mol. The van der Waals surface area contributed by atoms with Crippen molar-refractivity contribution < 1.29 is 32.8 Å². The average Bonchev–Trinajstić information content (AvgIpc) is 2.56. The molecule has 5 heteroatoms. The summed E-state index contributed by atoms with van der Waals surface area (Å²) in [5.41, 5.74) is 1.01. The standard InChI is InChI=1S/C18H32BO3.Li/c1-4-7-15-20-19(21-16-8-5-2,22-17-9-6-3)18-13-11-10-12-14-18;/h10-14H,4-9,15-17H2,1-3H3;/q-1;+1. The van der Waals surface area contributed by atoms with Gasteiger partial charge < -0.3 is 14.0 Å². The largest absolute Gasteiger partial charge is 1.00 e. The van der Waals surface area contributed by atoms with Gasteiger partial charge in [0.25, 0.3) is 0 Å². The van der Waals surface area contributed by atoms with Crippen LogP contribution in [-0.2, 0) is 14.0 Å². The molecule has 23 heavy (non-hydrogen) atoms. The fourth-order valence-electron chi connectivity index (χ4n) is 2.27. The molecule has 0 aromatic heterocycles. The molecule has 0 unspecified atom stereocenters. The van der Waals surface area contributed by atoms with Crippen LogP contribution < -0.4 is 24.3 Å². The van der Waals surface area contributed by atoms with E-state index in [1.165, 1.54) is 0 Å². The van der Waals surface area contributed by atoms with Crippen LogP contribution in [0.25, 0.3) is 0 Å². The van der Waals surface area contributed by atoms with Crippen LogP contribution in [0.2, 0.25) is 0 Å². The SMILES string of the molecule is CCCCO[B-](OCCCC)(OCCCC)c1ccccc1.[Li+]. The third kappa shape index (κ3) is 8.42. The van der Waals surface area contributed by atoms with Gasteiger partial charge in [-0.1, -0.05) is 70.4 Å². The van der Waals surface area contributed by atoms with Gasteiger partial charge in [0.2, 0.25) is 0 Å². The van der Waals surface area contributed by atoms with Gasteiger partial charge in [-0.25, -0.2) is 0 Å². The van der Waals surface area contributed by atoms with Gasteiger partial charge in [-0.3, -0.25) is 0 Å². The predicted octanol–water partition coefficient (Wildman–Crippen LogP) is 1.29. The van der Waals surface area contributed by atoms with Gasteiger partial charge in [-0.2, -0.15) is 0 Å². The molecule has 0 atom stereocenters. The van der Waals surface area contributed by atoms with Crippen LogP contribution in [0, 0.1) is 0 Å². The molecule has 0 aliphatic carbocycles. The minimum Gasteiger partial charge on any atom is -0.541 e. The van der Waals surface area contributed by atoms with Crippen molar-refractivity contribution in [2.24, 2.45) is 0 Å². The summed E-state index contributed by atoms with van der Waals surface area (Å²) in [5, 5.41) is 0. The van der Waals surface area contributed by atoms with Gasteiger partial charge in [-0.05, 0) is 19.3 Å². The smallest absolute Gasteiger partial charge is 0.541 e. The first kappa shape index (κ1) is 22.8. The Morgan fingerprint density at radius 3 is 1.43 bits per heavy atom. The number of benzene rings is 1. The van der Waals surface area contributed by atoms with E-state index in [9.17, 15) is 0 Å². The summed E-state index contributed by atoms with van der Waals surface area (Å²) >= 11 is 0. The van der Waals surface area contributed by atoms with E-state index < -0.39 is 6.75 Å². The van der Waals surface area contributed by atoms with Crippen molar-refractivity contribution in [3.8, 4) is 0 Å². The first-order valence-electron chi connectivity index (χ1n) is 8.89. The summed E-state index contributed by atoms with van der Waals surface area (Å²) in [4.78, 5) is 0. The molecule has 126 valence electrons. The normalized spacial score (nSPS) is 11.3. The number of unbranched alkanes of at least 4 members (excludes halogenated alkanes) is 3. The Morgan fingerprint density at radius 2 is 1.09 bits per heavy atom. The average molecular weight is 314 g/mol. The Kier molecular flexibility index (Phi) is 14.0. The molecule has 0 saturated heterocycles. The number of hydrogen-bond donors (Lipinski definition) is 0. The van der Waals surface area contributed by atoms with Gasteiger partial charge in [0.05, 0.1) is 0 Å². The Labute approximate surface area is 154 Å². The van der Waals surface area contributed by atoms with Crippen LogP contribution >= 0.6 is 0 Å². The van der Waals surface area contributed by atoms with Crippen LogP contribution in [0.1, 0.15) is 59.3 Å². The number of hydrogen-bond acceptors (Lipinski definition) is 3. The third-order valence-electron chi connectivity index (χ3n) is 3.71. The summed E-state index contributed by atoms with van der Waals surface area (Å²) in [5.74, 6) is 0. The molecule has 0 N–H and O–H groups in total. The van der Waals surface area contributed by atoms with Crippen LogP contribution in [0.5, 0.6) is 0 Å². The topological polar surface area (TPSA) is 27.7 Å². The monoisotopic (exact) mass is 314 g/mol. The molecule has 0 heterocycles. The van der Waals surface area contributed by atoms with E-state index in [1.807, 2.05) is 30.3 Å². The Morgan fingerprint density at radius 1 is 0.696 bits per heavy atom. The molecular weight excluding hydrogens is 282 g/mol. The molecule has 3 nitrogen and oxygen atoms in total.